The number of anilines is 2. The Kier molecular flexibility index (Phi) is 3.81. The van der Waals surface area contributed by atoms with Crippen molar-refractivity contribution in [2.75, 3.05) is 17.2 Å². The van der Waals surface area contributed by atoms with Crippen molar-refractivity contribution in [2.24, 2.45) is 11.8 Å². The summed E-state index contributed by atoms with van der Waals surface area (Å²) in [5, 5.41) is 7.12. The largest absolute Gasteiger partial charge is 0.370 e. The predicted octanol–water partition coefficient (Wildman–Crippen LogP) is 3.38. The molecule has 4 heteroatoms. The number of rotatable bonds is 7. The van der Waals surface area contributed by atoms with Crippen molar-refractivity contribution in [1.82, 2.24) is 9.97 Å². The first kappa shape index (κ1) is 13.7. The molecule has 0 radical (unpaired) electrons. The van der Waals surface area contributed by atoms with Crippen LogP contribution in [0.25, 0.3) is 0 Å². The van der Waals surface area contributed by atoms with Gasteiger partial charge in [-0.15, -0.1) is 0 Å². The first-order chi connectivity index (χ1) is 9.72. The molecule has 0 aromatic carbocycles. The summed E-state index contributed by atoms with van der Waals surface area (Å²) in [5.41, 5.74) is 1.16. The summed E-state index contributed by atoms with van der Waals surface area (Å²) in [6.07, 6.45) is 6.43. The molecule has 0 unspecified atom stereocenters. The predicted molar refractivity (Wildman–Crippen MR) is 83.2 cm³/mol. The zero-order chi connectivity index (χ0) is 14.1. The summed E-state index contributed by atoms with van der Waals surface area (Å²) in [5.74, 6) is 4.73. The standard InChI is InChI=1S/C16H26N4/c1-4-13-18-15(17-5-2)10(3)16(19-13)20-14(11-6-7-11)12-8-9-12/h11-12,14H,4-9H2,1-3H3,(H2,17,18,19,20). The van der Waals surface area contributed by atoms with Crippen molar-refractivity contribution >= 4 is 11.6 Å². The van der Waals surface area contributed by atoms with Gasteiger partial charge in [-0.1, -0.05) is 6.92 Å². The smallest absolute Gasteiger partial charge is 0.135 e. The zero-order valence-electron chi connectivity index (χ0n) is 12.9. The Labute approximate surface area is 121 Å². The molecule has 0 amide bonds. The first-order valence-electron chi connectivity index (χ1n) is 8.10. The van der Waals surface area contributed by atoms with Gasteiger partial charge in [0.05, 0.1) is 0 Å². The molecular weight excluding hydrogens is 248 g/mol. The lowest BCUT2D eigenvalue weighted by Crippen LogP contribution is -2.26. The van der Waals surface area contributed by atoms with Crippen molar-refractivity contribution in [3.05, 3.63) is 11.4 Å². The minimum absolute atomic E-state index is 0.641. The fourth-order valence-corrected chi connectivity index (χ4v) is 2.89. The van der Waals surface area contributed by atoms with Crippen LogP contribution in [0.2, 0.25) is 0 Å². The summed E-state index contributed by atoms with van der Waals surface area (Å²) < 4.78 is 0. The van der Waals surface area contributed by atoms with Gasteiger partial charge in [0.2, 0.25) is 0 Å². The van der Waals surface area contributed by atoms with E-state index in [1.807, 2.05) is 0 Å². The third-order valence-electron chi connectivity index (χ3n) is 4.42. The molecule has 2 aliphatic carbocycles. The van der Waals surface area contributed by atoms with Crippen LogP contribution in [0.1, 0.15) is 50.9 Å². The molecule has 4 nitrogen and oxygen atoms in total. The average molecular weight is 274 g/mol. The maximum absolute atomic E-state index is 4.73. The second kappa shape index (κ2) is 5.58. The zero-order valence-corrected chi connectivity index (χ0v) is 12.9. The van der Waals surface area contributed by atoms with E-state index in [-0.39, 0.29) is 0 Å². The van der Waals surface area contributed by atoms with Gasteiger partial charge in [-0.3, -0.25) is 0 Å². The van der Waals surface area contributed by atoms with Crippen LogP contribution in [0, 0.1) is 18.8 Å². The van der Waals surface area contributed by atoms with Gasteiger partial charge < -0.3 is 10.6 Å². The number of hydrogen-bond acceptors (Lipinski definition) is 4. The Balaban J connectivity index is 1.84. The Morgan fingerprint density at radius 2 is 1.65 bits per heavy atom. The summed E-state index contributed by atoms with van der Waals surface area (Å²) in [6.45, 7) is 7.24. The molecule has 2 saturated carbocycles. The van der Waals surface area contributed by atoms with Gasteiger partial charge in [0.1, 0.15) is 17.5 Å². The van der Waals surface area contributed by atoms with Crippen molar-refractivity contribution < 1.29 is 0 Å². The van der Waals surface area contributed by atoms with Gasteiger partial charge in [-0.25, -0.2) is 9.97 Å². The van der Waals surface area contributed by atoms with Crippen LogP contribution in [0.3, 0.4) is 0 Å². The lowest BCUT2D eigenvalue weighted by atomic mass is 10.1. The third-order valence-corrected chi connectivity index (χ3v) is 4.42. The molecule has 3 rings (SSSR count). The maximum Gasteiger partial charge on any atom is 0.135 e. The van der Waals surface area contributed by atoms with Gasteiger partial charge in [-0.2, -0.15) is 0 Å². The van der Waals surface area contributed by atoms with Crippen LogP contribution in [0.15, 0.2) is 0 Å². The number of aryl methyl sites for hydroxylation is 1. The third kappa shape index (κ3) is 2.89. The van der Waals surface area contributed by atoms with Crippen LogP contribution in [0.5, 0.6) is 0 Å². The topological polar surface area (TPSA) is 49.8 Å². The van der Waals surface area contributed by atoms with Crippen molar-refractivity contribution in [3.8, 4) is 0 Å². The van der Waals surface area contributed by atoms with E-state index in [1.165, 1.54) is 25.7 Å². The molecule has 0 aliphatic heterocycles. The molecule has 2 N–H and O–H groups in total. The van der Waals surface area contributed by atoms with Gasteiger partial charge in [0.15, 0.2) is 0 Å². The fourth-order valence-electron chi connectivity index (χ4n) is 2.89. The molecular formula is C16H26N4. The minimum Gasteiger partial charge on any atom is -0.370 e. The van der Waals surface area contributed by atoms with Crippen LogP contribution in [-0.2, 0) is 6.42 Å². The highest BCUT2D eigenvalue weighted by molar-refractivity contribution is 5.58. The van der Waals surface area contributed by atoms with Crippen molar-refractivity contribution in [1.29, 1.82) is 0 Å². The summed E-state index contributed by atoms with van der Waals surface area (Å²) in [6, 6.07) is 0.641. The summed E-state index contributed by atoms with van der Waals surface area (Å²) in [4.78, 5) is 9.34. The highest BCUT2D eigenvalue weighted by atomic mass is 15.1. The Hall–Kier alpha value is -1.32. The molecule has 0 bridgehead atoms. The molecule has 20 heavy (non-hydrogen) atoms. The van der Waals surface area contributed by atoms with Crippen LogP contribution in [-0.4, -0.2) is 22.6 Å². The van der Waals surface area contributed by atoms with Crippen LogP contribution < -0.4 is 10.6 Å². The second-order valence-corrected chi connectivity index (χ2v) is 6.19. The van der Waals surface area contributed by atoms with E-state index in [4.69, 9.17) is 4.98 Å². The van der Waals surface area contributed by atoms with E-state index in [0.29, 0.717) is 6.04 Å². The van der Waals surface area contributed by atoms with E-state index < -0.39 is 0 Å². The highest BCUT2D eigenvalue weighted by Gasteiger charge is 2.41. The van der Waals surface area contributed by atoms with Gasteiger partial charge >= 0.3 is 0 Å². The number of aromatic nitrogens is 2. The molecule has 2 fully saturated rings. The fraction of sp³-hybridized carbons (Fsp3) is 0.750. The lowest BCUT2D eigenvalue weighted by Gasteiger charge is -2.21. The van der Waals surface area contributed by atoms with Gasteiger partial charge in [0, 0.05) is 24.6 Å². The van der Waals surface area contributed by atoms with Crippen LogP contribution >= 0.6 is 0 Å². The van der Waals surface area contributed by atoms with Gasteiger partial charge in [0.25, 0.3) is 0 Å². The SMILES string of the molecule is CCNc1nc(CC)nc(NC(C2CC2)C2CC2)c1C. The first-order valence-corrected chi connectivity index (χ1v) is 8.10. The molecule has 1 aromatic heterocycles. The van der Waals surface area contributed by atoms with E-state index in [1.54, 1.807) is 0 Å². The number of hydrogen-bond donors (Lipinski definition) is 2. The quantitative estimate of drug-likeness (QED) is 0.800. The number of nitrogens with zero attached hydrogens (tertiary/aromatic N) is 2. The highest BCUT2D eigenvalue weighted by Crippen LogP contribution is 2.46. The molecule has 2 aliphatic rings. The van der Waals surface area contributed by atoms with E-state index >= 15 is 0 Å². The molecule has 110 valence electrons. The normalized spacial score (nSPS) is 18.4. The molecule has 0 atom stereocenters. The van der Waals surface area contributed by atoms with Gasteiger partial charge in [-0.05, 0) is 51.4 Å². The Bertz CT molecular complexity index is 466. The van der Waals surface area contributed by atoms with E-state index in [0.717, 1.165) is 47.8 Å². The Morgan fingerprint density at radius 3 is 2.15 bits per heavy atom. The van der Waals surface area contributed by atoms with Crippen molar-refractivity contribution in [3.63, 3.8) is 0 Å². The molecule has 1 heterocycles. The number of nitrogens with one attached hydrogen (secondary N) is 2. The molecule has 0 spiro atoms. The van der Waals surface area contributed by atoms with E-state index in [9.17, 15) is 0 Å². The van der Waals surface area contributed by atoms with E-state index in [2.05, 4.69) is 36.4 Å². The Morgan fingerprint density at radius 1 is 1.05 bits per heavy atom. The van der Waals surface area contributed by atoms with Crippen molar-refractivity contribution in [2.45, 2.75) is 58.9 Å². The van der Waals surface area contributed by atoms with Crippen LogP contribution in [0.4, 0.5) is 11.6 Å². The maximum atomic E-state index is 4.73. The molecule has 0 saturated heterocycles. The lowest BCUT2D eigenvalue weighted by molar-refractivity contribution is 0.564. The molecule has 1 aromatic rings. The second-order valence-electron chi connectivity index (χ2n) is 6.19. The minimum atomic E-state index is 0.641. The summed E-state index contributed by atoms with van der Waals surface area (Å²) >= 11 is 0. The monoisotopic (exact) mass is 274 g/mol. The summed E-state index contributed by atoms with van der Waals surface area (Å²) in [7, 11) is 0. The average Bonchev–Trinajstić information content (AvgIpc) is 3.32.